The first kappa shape index (κ1) is 16.3. The van der Waals surface area contributed by atoms with Gasteiger partial charge in [0.15, 0.2) is 0 Å². The molecule has 1 unspecified atom stereocenters. The summed E-state index contributed by atoms with van der Waals surface area (Å²) in [6.07, 6.45) is 1.82. The number of rotatable bonds is 4. The zero-order valence-electron chi connectivity index (χ0n) is 11.5. The molecule has 2 rings (SSSR count). The molecule has 1 fully saturated rings. The Morgan fingerprint density at radius 1 is 1.48 bits per heavy atom. The molecule has 1 atom stereocenters. The van der Waals surface area contributed by atoms with Crippen molar-refractivity contribution in [2.45, 2.75) is 19.8 Å². The molecule has 2 N–H and O–H groups in total. The van der Waals surface area contributed by atoms with E-state index in [1.807, 2.05) is 6.92 Å². The van der Waals surface area contributed by atoms with Crippen LogP contribution in [0.1, 0.15) is 30.1 Å². The lowest BCUT2D eigenvalue weighted by Crippen LogP contribution is -2.42. The summed E-state index contributed by atoms with van der Waals surface area (Å²) in [4.78, 5) is 11.2. The van der Waals surface area contributed by atoms with Crippen LogP contribution in [0.4, 0.5) is 5.69 Å². The van der Waals surface area contributed by atoms with Gasteiger partial charge in [0.05, 0.1) is 11.3 Å². The summed E-state index contributed by atoms with van der Waals surface area (Å²) >= 11 is 3.22. The number of halogens is 1. The highest BCUT2D eigenvalue weighted by Crippen LogP contribution is 2.25. The molecule has 0 radical (unpaired) electrons. The third-order valence-electron chi connectivity index (χ3n) is 3.41. The van der Waals surface area contributed by atoms with Gasteiger partial charge in [0.25, 0.3) is 0 Å². The topological polar surface area (TPSA) is 86.7 Å². The summed E-state index contributed by atoms with van der Waals surface area (Å²) in [7, 11) is -3.74. The molecule has 116 valence electrons. The number of nitrogens with one attached hydrogen (secondary N) is 1. The Kier molecular flexibility index (Phi) is 4.90. The Balaban J connectivity index is 2.28. The van der Waals surface area contributed by atoms with Gasteiger partial charge in [-0.2, -0.15) is 12.7 Å². The Labute approximate surface area is 132 Å². The summed E-state index contributed by atoms with van der Waals surface area (Å²) in [6.45, 7) is 2.91. The van der Waals surface area contributed by atoms with E-state index in [1.54, 1.807) is 6.07 Å². The van der Waals surface area contributed by atoms with E-state index in [0.29, 0.717) is 23.5 Å². The van der Waals surface area contributed by atoms with Gasteiger partial charge >= 0.3 is 16.2 Å². The average Bonchev–Trinajstić information content (AvgIpc) is 2.38. The molecule has 8 heteroatoms. The van der Waals surface area contributed by atoms with Gasteiger partial charge in [-0.25, -0.2) is 4.79 Å². The molecule has 1 saturated heterocycles. The lowest BCUT2D eigenvalue weighted by Gasteiger charge is -2.30. The number of carbonyl (C=O) groups is 1. The summed E-state index contributed by atoms with van der Waals surface area (Å²) in [5, 5.41) is 9.14. The number of piperidine rings is 1. The van der Waals surface area contributed by atoms with E-state index >= 15 is 0 Å². The first-order valence-electron chi connectivity index (χ1n) is 6.60. The van der Waals surface area contributed by atoms with Gasteiger partial charge in [-0.3, -0.25) is 4.72 Å². The van der Waals surface area contributed by atoms with E-state index in [2.05, 4.69) is 20.7 Å². The summed E-state index contributed by atoms with van der Waals surface area (Å²) in [5.41, 5.74) is -0.0121. The second kappa shape index (κ2) is 6.33. The lowest BCUT2D eigenvalue weighted by molar-refractivity contribution is 0.0698. The van der Waals surface area contributed by atoms with Crippen LogP contribution < -0.4 is 4.72 Å². The zero-order chi connectivity index (χ0) is 15.6. The first-order valence-corrected chi connectivity index (χ1v) is 8.83. The zero-order valence-corrected chi connectivity index (χ0v) is 13.9. The van der Waals surface area contributed by atoms with E-state index in [0.717, 1.165) is 12.8 Å². The second-order valence-corrected chi connectivity index (χ2v) is 7.79. The van der Waals surface area contributed by atoms with Crippen molar-refractivity contribution < 1.29 is 18.3 Å². The quantitative estimate of drug-likeness (QED) is 0.844. The van der Waals surface area contributed by atoms with E-state index in [4.69, 9.17) is 5.11 Å². The van der Waals surface area contributed by atoms with Crippen molar-refractivity contribution in [3.63, 3.8) is 0 Å². The molecule has 0 saturated carbocycles. The molecule has 0 bridgehead atoms. The summed E-state index contributed by atoms with van der Waals surface area (Å²) in [6, 6.07) is 4.38. The van der Waals surface area contributed by atoms with Crippen molar-refractivity contribution in [3.8, 4) is 0 Å². The SMILES string of the molecule is CC1CCCN(S(=O)(=O)Nc2cc(Br)ccc2C(=O)O)C1. The van der Waals surface area contributed by atoms with Crippen LogP contribution in [0.3, 0.4) is 0 Å². The molecule has 1 aromatic rings. The number of carboxylic acids is 1. The van der Waals surface area contributed by atoms with Gasteiger partial charge in [-0.15, -0.1) is 0 Å². The molecule has 0 spiro atoms. The number of hydrogen-bond donors (Lipinski definition) is 2. The Morgan fingerprint density at radius 2 is 2.19 bits per heavy atom. The summed E-state index contributed by atoms with van der Waals surface area (Å²) < 4.78 is 29.2. The van der Waals surface area contributed by atoms with Crippen LogP contribution >= 0.6 is 15.9 Å². The van der Waals surface area contributed by atoms with Gasteiger partial charge in [0.1, 0.15) is 0 Å². The minimum Gasteiger partial charge on any atom is -0.478 e. The Hall–Kier alpha value is -1.12. The predicted molar refractivity (Wildman–Crippen MR) is 83.6 cm³/mol. The van der Waals surface area contributed by atoms with Crippen molar-refractivity contribution in [1.82, 2.24) is 4.31 Å². The monoisotopic (exact) mass is 376 g/mol. The minimum atomic E-state index is -3.74. The highest BCUT2D eigenvalue weighted by atomic mass is 79.9. The normalized spacial score (nSPS) is 20.2. The van der Waals surface area contributed by atoms with Crippen molar-refractivity contribution in [3.05, 3.63) is 28.2 Å². The summed E-state index contributed by atoms with van der Waals surface area (Å²) in [5.74, 6) is -0.871. The Morgan fingerprint density at radius 3 is 2.81 bits per heavy atom. The van der Waals surface area contributed by atoms with Gasteiger partial charge in [-0.1, -0.05) is 22.9 Å². The van der Waals surface area contributed by atoms with Crippen molar-refractivity contribution in [2.75, 3.05) is 17.8 Å². The van der Waals surface area contributed by atoms with E-state index < -0.39 is 16.2 Å². The average molecular weight is 377 g/mol. The van der Waals surface area contributed by atoms with Crippen molar-refractivity contribution >= 4 is 37.8 Å². The molecule has 0 aliphatic carbocycles. The molecule has 1 aromatic carbocycles. The number of aromatic carboxylic acids is 1. The van der Waals surface area contributed by atoms with Crippen LogP contribution in [0.25, 0.3) is 0 Å². The number of benzene rings is 1. The van der Waals surface area contributed by atoms with E-state index in [1.165, 1.54) is 16.4 Å². The molecule has 1 heterocycles. The van der Waals surface area contributed by atoms with Gasteiger partial charge in [0, 0.05) is 17.6 Å². The minimum absolute atomic E-state index is 0.0649. The largest absolute Gasteiger partial charge is 0.478 e. The molecule has 0 amide bonds. The first-order chi connectivity index (χ1) is 9.79. The van der Waals surface area contributed by atoms with Gasteiger partial charge < -0.3 is 5.11 Å². The molecular weight excluding hydrogens is 360 g/mol. The highest BCUT2D eigenvalue weighted by molar-refractivity contribution is 9.10. The fraction of sp³-hybridized carbons (Fsp3) is 0.462. The van der Waals surface area contributed by atoms with Crippen molar-refractivity contribution in [2.24, 2.45) is 5.92 Å². The van der Waals surface area contributed by atoms with Crippen LogP contribution in [-0.4, -0.2) is 36.9 Å². The van der Waals surface area contributed by atoms with Crippen LogP contribution in [0.2, 0.25) is 0 Å². The second-order valence-electron chi connectivity index (χ2n) is 5.21. The van der Waals surface area contributed by atoms with Crippen LogP contribution in [0.5, 0.6) is 0 Å². The fourth-order valence-corrected chi connectivity index (χ4v) is 4.11. The molecule has 1 aliphatic heterocycles. The number of nitrogens with zero attached hydrogens (tertiary/aromatic N) is 1. The molecular formula is C13H17BrN2O4S. The van der Waals surface area contributed by atoms with E-state index in [9.17, 15) is 13.2 Å². The van der Waals surface area contributed by atoms with E-state index in [-0.39, 0.29) is 11.3 Å². The maximum absolute atomic E-state index is 12.4. The number of carboxylic acid groups (broad SMARTS) is 1. The third kappa shape index (κ3) is 3.96. The molecule has 0 aromatic heterocycles. The molecule has 21 heavy (non-hydrogen) atoms. The predicted octanol–water partition coefficient (Wildman–Crippen LogP) is 2.54. The standard InChI is InChI=1S/C13H17BrN2O4S/c1-9-3-2-6-16(8-9)21(19,20)15-12-7-10(14)4-5-11(12)13(17)18/h4-5,7,9,15H,2-3,6,8H2,1H3,(H,17,18). The highest BCUT2D eigenvalue weighted by Gasteiger charge is 2.28. The number of hydrogen-bond acceptors (Lipinski definition) is 3. The van der Waals surface area contributed by atoms with Crippen LogP contribution in [-0.2, 0) is 10.2 Å². The van der Waals surface area contributed by atoms with Crippen LogP contribution in [0, 0.1) is 5.92 Å². The molecule has 6 nitrogen and oxygen atoms in total. The molecule has 1 aliphatic rings. The lowest BCUT2D eigenvalue weighted by atomic mass is 10.0. The maximum atomic E-state index is 12.4. The smallest absolute Gasteiger partial charge is 0.337 e. The fourth-order valence-electron chi connectivity index (χ4n) is 2.36. The van der Waals surface area contributed by atoms with Crippen LogP contribution in [0.15, 0.2) is 22.7 Å². The number of anilines is 1. The van der Waals surface area contributed by atoms with Gasteiger partial charge in [-0.05, 0) is 37.0 Å². The van der Waals surface area contributed by atoms with Crippen molar-refractivity contribution in [1.29, 1.82) is 0 Å². The van der Waals surface area contributed by atoms with Gasteiger partial charge in [0.2, 0.25) is 0 Å². The Bertz CT molecular complexity index is 648. The maximum Gasteiger partial charge on any atom is 0.337 e. The third-order valence-corrected chi connectivity index (χ3v) is 5.39.